The van der Waals surface area contributed by atoms with Crippen LogP contribution in [0.1, 0.15) is 18.4 Å². The maximum Gasteiger partial charge on any atom is 0.307 e. The fraction of sp³-hybridized carbons (Fsp3) is 0.333. The summed E-state index contributed by atoms with van der Waals surface area (Å²) in [6, 6.07) is 8.14. The van der Waals surface area contributed by atoms with E-state index < -0.39 is 29.3 Å². The second-order valence-corrected chi connectivity index (χ2v) is 7.52. The van der Waals surface area contributed by atoms with Gasteiger partial charge in [-0.3, -0.25) is 9.78 Å². The van der Waals surface area contributed by atoms with E-state index in [0.717, 1.165) is 18.2 Å². The van der Waals surface area contributed by atoms with Gasteiger partial charge in [0.15, 0.2) is 11.6 Å². The number of nitrogens with zero attached hydrogens (tertiary/aromatic N) is 1. The SMILES string of the molecule is COc1ccc2ncc(F)c(CCCC(CNCCOc3cc(F)ccc3F)C(=O)O)c2c1. The van der Waals surface area contributed by atoms with E-state index in [1.54, 1.807) is 18.2 Å². The molecule has 0 amide bonds. The molecular formula is C24H25F3N2O4. The number of halogens is 3. The van der Waals surface area contributed by atoms with Crippen LogP contribution in [0.2, 0.25) is 0 Å². The maximum absolute atomic E-state index is 14.4. The van der Waals surface area contributed by atoms with Crippen molar-refractivity contribution < 1.29 is 32.5 Å². The Labute approximate surface area is 189 Å². The lowest BCUT2D eigenvalue weighted by Gasteiger charge is -2.15. The van der Waals surface area contributed by atoms with E-state index in [-0.39, 0.29) is 25.4 Å². The van der Waals surface area contributed by atoms with Crippen LogP contribution in [0.25, 0.3) is 10.9 Å². The number of hydrogen-bond donors (Lipinski definition) is 2. The number of rotatable bonds is 12. The van der Waals surface area contributed by atoms with E-state index in [9.17, 15) is 23.1 Å². The number of ether oxygens (including phenoxy) is 2. The van der Waals surface area contributed by atoms with Crippen LogP contribution in [-0.2, 0) is 11.2 Å². The van der Waals surface area contributed by atoms with Gasteiger partial charge in [-0.25, -0.2) is 13.2 Å². The normalized spacial score (nSPS) is 12.0. The molecule has 3 aromatic rings. The third-order valence-corrected chi connectivity index (χ3v) is 5.28. The highest BCUT2D eigenvalue weighted by molar-refractivity contribution is 5.83. The van der Waals surface area contributed by atoms with Crippen LogP contribution in [0.15, 0.2) is 42.6 Å². The summed E-state index contributed by atoms with van der Waals surface area (Å²) in [6.07, 6.45) is 2.30. The summed E-state index contributed by atoms with van der Waals surface area (Å²) >= 11 is 0. The summed E-state index contributed by atoms with van der Waals surface area (Å²) < 4.78 is 51.5. The van der Waals surface area contributed by atoms with Crippen LogP contribution < -0.4 is 14.8 Å². The highest BCUT2D eigenvalue weighted by atomic mass is 19.1. The Morgan fingerprint density at radius 1 is 1.15 bits per heavy atom. The molecule has 2 aromatic carbocycles. The number of pyridine rings is 1. The van der Waals surface area contributed by atoms with Gasteiger partial charge in [0.1, 0.15) is 24.0 Å². The first kappa shape index (κ1) is 24.3. The number of methoxy groups -OCH3 is 1. The van der Waals surface area contributed by atoms with Gasteiger partial charge in [-0.2, -0.15) is 0 Å². The summed E-state index contributed by atoms with van der Waals surface area (Å²) in [4.78, 5) is 15.7. The monoisotopic (exact) mass is 462 g/mol. The molecule has 0 aliphatic heterocycles. The molecule has 0 saturated heterocycles. The van der Waals surface area contributed by atoms with Gasteiger partial charge in [-0.05, 0) is 55.2 Å². The molecule has 0 aliphatic rings. The summed E-state index contributed by atoms with van der Waals surface area (Å²) in [7, 11) is 1.53. The Morgan fingerprint density at radius 2 is 1.97 bits per heavy atom. The van der Waals surface area contributed by atoms with Crippen molar-refractivity contribution in [1.29, 1.82) is 0 Å². The molecule has 0 aliphatic carbocycles. The molecule has 6 nitrogen and oxygen atoms in total. The lowest BCUT2D eigenvalue weighted by molar-refractivity contribution is -0.141. The summed E-state index contributed by atoms with van der Waals surface area (Å²) in [5.41, 5.74) is 1.11. The molecule has 3 rings (SSSR count). The molecule has 1 atom stereocenters. The lowest BCUT2D eigenvalue weighted by atomic mass is 9.97. The van der Waals surface area contributed by atoms with Crippen molar-refractivity contribution in [3.8, 4) is 11.5 Å². The minimum absolute atomic E-state index is 0.0444. The molecule has 1 heterocycles. The van der Waals surface area contributed by atoms with E-state index in [1.807, 2.05) is 0 Å². The molecule has 1 unspecified atom stereocenters. The number of aryl methyl sites for hydroxylation is 1. The van der Waals surface area contributed by atoms with Gasteiger partial charge in [-0.15, -0.1) is 0 Å². The third kappa shape index (κ3) is 6.58. The van der Waals surface area contributed by atoms with Crippen LogP contribution in [0.4, 0.5) is 13.2 Å². The molecule has 33 heavy (non-hydrogen) atoms. The number of fused-ring (bicyclic) bond motifs is 1. The molecule has 0 fully saturated rings. The lowest BCUT2D eigenvalue weighted by Crippen LogP contribution is -2.31. The summed E-state index contributed by atoms with van der Waals surface area (Å²) in [6.45, 7) is 0.462. The Balaban J connectivity index is 1.50. The first-order valence-electron chi connectivity index (χ1n) is 10.5. The van der Waals surface area contributed by atoms with E-state index in [1.165, 1.54) is 13.3 Å². The molecular weight excluding hydrogens is 437 g/mol. The summed E-state index contributed by atoms with van der Waals surface area (Å²) in [5, 5.41) is 13.1. The third-order valence-electron chi connectivity index (χ3n) is 5.28. The van der Waals surface area contributed by atoms with Gasteiger partial charge in [0, 0.05) is 24.5 Å². The smallest absolute Gasteiger partial charge is 0.307 e. The van der Waals surface area contributed by atoms with Gasteiger partial charge in [0.2, 0.25) is 0 Å². The Kier molecular flexibility index (Phi) is 8.48. The summed E-state index contributed by atoms with van der Waals surface area (Å²) in [5.74, 6) is -3.00. The number of carbonyl (C=O) groups is 1. The Hall–Kier alpha value is -3.33. The van der Waals surface area contributed by atoms with Gasteiger partial charge >= 0.3 is 5.97 Å². The zero-order valence-electron chi connectivity index (χ0n) is 18.1. The molecule has 0 radical (unpaired) electrons. The number of benzene rings is 2. The first-order valence-corrected chi connectivity index (χ1v) is 10.5. The Bertz CT molecular complexity index is 1110. The minimum Gasteiger partial charge on any atom is -0.497 e. The second kappa shape index (κ2) is 11.5. The number of aliphatic carboxylic acids is 1. The molecule has 9 heteroatoms. The van der Waals surface area contributed by atoms with Gasteiger partial charge < -0.3 is 19.9 Å². The molecule has 0 bridgehead atoms. The number of nitrogens with one attached hydrogen (secondary N) is 1. The highest BCUT2D eigenvalue weighted by Gasteiger charge is 2.18. The fourth-order valence-electron chi connectivity index (χ4n) is 3.52. The van der Waals surface area contributed by atoms with E-state index in [2.05, 4.69) is 10.3 Å². The number of carboxylic acids is 1. The zero-order chi connectivity index (χ0) is 23.8. The van der Waals surface area contributed by atoms with Crippen molar-refractivity contribution in [3.05, 3.63) is 65.6 Å². The fourth-order valence-corrected chi connectivity index (χ4v) is 3.52. The second-order valence-electron chi connectivity index (χ2n) is 7.52. The maximum atomic E-state index is 14.4. The van der Waals surface area contributed by atoms with Crippen molar-refractivity contribution >= 4 is 16.9 Å². The standard InChI is InChI=1S/C24H25F3N2O4/c1-32-17-6-8-22-19(12-17)18(21(27)14-29-22)4-2-3-15(24(30)31)13-28-9-10-33-23-11-16(25)5-7-20(23)26/h5-8,11-12,14-15,28H,2-4,9-10,13H2,1H3,(H,30,31). The van der Waals surface area contributed by atoms with E-state index in [4.69, 9.17) is 9.47 Å². The van der Waals surface area contributed by atoms with E-state index in [0.29, 0.717) is 41.5 Å². The molecule has 2 N–H and O–H groups in total. The molecule has 1 aromatic heterocycles. The number of hydrogen-bond acceptors (Lipinski definition) is 5. The zero-order valence-corrected chi connectivity index (χ0v) is 18.1. The van der Waals surface area contributed by atoms with Crippen LogP contribution in [0.5, 0.6) is 11.5 Å². The van der Waals surface area contributed by atoms with Crippen molar-refractivity contribution in [2.75, 3.05) is 26.8 Å². The van der Waals surface area contributed by atoms with Crippen LogP contribution in [0, 0.1) is 23.4 Å². The predicted octanol–water partition coefficient (Wildman–Crippen LogP) is 4.35. The van der Waals surface area contributed by atoms with E-state index >= 15 is 0 Å². The van der Waals surface area contributed by atoms with Gasteiger partial charge in [0.25, 0.3) is 0 Å². The van der Waals surface area contributed by atoms with Crippen LogP contribution in [-0.4, -0.2) is 42.9 Å². The molecule has 0 spiro atoms. The van der Waals surface area contributed by atoms with Crippen molar-refractivity contribution in [3.63, 3.8) is 0 Å². The number of aromatic nitrogens is 1. The number of carboxylic acid groups (broad SMARTS) is 1. The molecule has 0 saturated carbocycles. The van der Waals surface area contributed by atoms with Crippen molar-refractivity contribution in [2.24, 2.45) is 5.92 Å². The predicted molar refractivity (Wildman–Crippen MR) is 117 cm³/mol. The average Bonchev–Trinajstić information content (AvgIpc) is 2.80. The average molecular weight is 462 g/mol. The largest absolute Gasteiger partial charge is 0.497 e. The van der Waals surface area contributed by atoms with Gasteiger partial charge in [0.05, 0.1) is 24.7 Å². The first-order chi connectivity index (χ1) is 15.9. The molecule has 176 valence electrons. The quantitative estimate of drug-likeness (QED) is 0.390. The van der Waals surface area contributed by atoms with Gasteiger partial charge in [-0.1, -0.05) is 0 Å². The van der Waals surface area contributed by atoms with Crippen molar-refractivity contribution in [1.82, 2.24) is 10.3 Å². The topological polar surface area (TPSA) is 80.7 Å². The van der Waals surface area contributed by atoms with Crippen LogP contribution in [0.3, 0.4) is 0 Å². The van der Waals surface area contributed by atoms with Crippen LogP contribution >= 0.6 is 0 Å². The highest BCUT2D eigenvalue weighted by Crippen LogP contribution is 2.26. The minimum atomic E-state index is -0.971. The Morgan fingerprint density at radius 3 is 2.73 bits per heavy atom. The van der Waals surface area contributed by atoms with Crippen molar-refractivity contribution in [2.45, 2.75) is 19.3 Å².